The Morgan fingerprint density at radius 2 is 1.53 bits per heavy atom. The van der Waals surface area contributed by atoms with Gasteiger partial charge in [0.25, 0.3) is 0 Å². The topological polar surface area (TPSA) is 101 Å². The molecular weight excluding hydrogens is 240 g/mol. The average molecular weight is 256 g/mol. The van der Waals surface area contributed by atoms with Crippen LogP contribution in [0.25, 0.3) is 0 Å². The number of hydrogen-bond acceptors (Lipinski definition) is 7. The van der Waals surface area contributed by atoms with Crippen molar-refractivity contribution < 1.29 is 25.5 Å². The highest BCUT2D eigenvalue weighted by Gasteiger charge is 2.36. The second-order valence-electron chi connectivity index (χ2n) is 3.33. The van der Waals surface area contributed by atoms with Gasteiger partial charge in [0.15, 0.2) is 0 Å². The summed E-state index contributed by atoms with van der Waals surface area (Å²) in [6, 6.07) is 0. The fourth-order valence-electron chi connectivity index (χ4n) is 1.27. The van der Waals surface area contributed by atoms with Crippen LogP contribution in [0.4, 0.5) is 0 Å². The lowest BCUT2D eigenvalue weighted by Crippen LogP contribution is -2.48. The second-order valence-corrected chi connectivity index (χ2v) is 6.13. The Morgan fingerprint density at radius 3 is 2.00 bits per heavy atom. The second kappa shape index (κ2) is 6.29. The van der Waals surface area contributed by atoms with Crippen molar-refractivity contribution in [2.45, 2.75) is 29.0 Å². The van der Waals surface area contributed by atoms with Crippen molar-refractivity contribution in [1.82, 2.24) is 0 Å². The van der Waals surface area contributed by atoms with Gasteiger partial charge in [0.2, 0.25) is 0 Å². The van der Waals surface area contributed by atoms with Crippen molar-refractivity contribution in [3.63, 3.8) is 0 Å². The van der Waals surface area contributed by atoms with Gasteiger partial charge >= 0.3 is 0 Å². The molecule has 0 aromatic carbocycles. The quantitative estimate of drug-likeness (QED) is 0.397. The number of hydrogen-bond donors (Lipinski definition) is 5. The Morgan fingerprint density at radius 1 is 1.00 bits per heavy atom. The van der Waals surface area contributed by atoms with Gasteiger partial charge in [0.1, 0.15) is 24.4 Å². The van der Waals surface area contributed by atoms with Crippen LogP contribution in [0.15, 0.2) is 0 Å². The predicted octanol–water partition coefficient (Wildman–Crippen LogP) is -1.77. The number of rotatable bonds is 5. The number of thioether (sulfide) groups is 2. The number of aliphatic hydroxyl groups is 5. The van der Waals surface area contributed by atoms with E-state index in [9.17, 15) is 15.3 Å². The molecule has 1 saturated heterocycles. The fourth-order valence-corrected chi connectivity index (χ4v) is 4.19. The maximum absolute atomic E-state index is 9.69. The van der Waals surface area contributed by atoms with Gasteiger partial charge in [-0.15, -0.1) is 23.5 Å². The van der Waals surface area contributed by atoms with Crippen LogP contribution in [0.3, 0.4) is 0 Å². The molecule has 0 bridgehead atoms. The highest BCUT2D eigenvalue weighted by Crippen LogP contribution is 2.35. The van der Waals surface area contributed by atoms with Gasteiger partial charge in [-0.1, -0.05) is 0 Å². The molecule has 0 aromatic heterocycles. The van der Waals surface area contributed by atoms with E-state index in [2.05, 4.69) is 0 Å². The maximum atomic E-state index is 9.69. The molecule has 5 N–H and O–H groups in total. The average Bonchev–Trinajstić information content (AvgIpc) is 2.78. The molecule has 0 radical (unpaired) electrons. The van der Waals surface area contributed by atoms with Gasteiger partial charge in [-0.25, -0.2) is 0 Å². The minimum absolute atomic E-state index is 0.180. The minimum atomic E-state index is -1.52. The fraction of sp³-hybridized carbons (Fsp3) is 1.00. The van der Waals surface area contributed by atoms with E-state index in [1.165, 1.54) is 23.5 Å². The summed E-state index contributed by atoms with van der Waals surface area (Å²) < 4.78 is -0.180. The summed E-state index contributed by atoms with van der Waals surface area (Å²) in [7, 11) is 0. The van der Waals surface area contributed by atoms with Crippen molar-refractivity contribution in [2.24, 2.45) is 0 Å². The van der Waals surface area contributed by atoms with Crippen LogP contribution in [0.1, 0.15) is 0 Å². The van der Waals surface area contributed by atoms with Crippen LogP contribution in [-0.4, -0.2) is 72.6 Å². The minimum Gasteiger partial charge on any atom is -0.394 e. The third-order valence-corrected chi connectivity index (χ3v) is 5.38. The maximum Gasteiger partial charge on any atom is 0.111 e. The van der Waals surface area contributed by atoms with E-state index in [0.717, 1.165) is 11.5 Å². The SMILES string of the molecule is OC[C@@H](O)[C@H](O)[C@H](O)[C@@H](O)C1SCCS1. The first kappa shape index (κ1) is 13.6. The molecule has 0 amide bonds. The molecule has 5 nitrogen and oxygen atoms in total. The molecule has 90 valence electrons. The summed E-state index contributed by atoms with van der Waals surface area (Å²) in [5, 5.41) is 46.3. The molecular formula is C8H16O5S2. The lowest BCUT2D eigenvalue weighted by atomic mass is 10.0. The third-order valence-electron chi connectivity index (χ3n) is 2.21. The highest BCUT2D eigenvalue weighted by molar-refractivity contribution is 8.20. The molecule has 1 rings (SSSR count). The normalized spacial score (nSPS) is 26.2. The van der Waals surface area contributed by atoms with Gasteiger partial charge in [0, 0.05) is 11.5 Å². The summed E-state index contributed by atoms with van der Waals surface area (Å²) in [5.74, 6) is 1.80. The van der Waals surface area contributed by atoms with Gasteiger partial charge in [-0.2, -0.15) is 0 Å². The Kier molecular flexibility index (Phi) is 5.69. The zero-order valence-corrected chi connectivity index (χ0v) is 9.69. The first-order chi connectivity index (χ1) is 7.07. The molecule has 0 aromatic rings. The molecule has 0 unspecified atom stereocenters. The summed E-state index contributed by atoms with van der Waals surface area (Å²) >= 11 is 3.03. The summed E-state index contributed by atoms with van der Waals surface area (Å²) in [5.41, 5.74) is 0. The third kappa shape index (κ3) is 3.48. The lowest BCUT2D eigenvalue weighted by Gasteiger charge is -2.28. The van der Waals surface area contributed by atoms with Crippen LogP contribution < -0.4 is 0 Å². The zero-order valence-electron chi connectivity index (χ0n) is 8.06. The van der Waals surface area contributed by atoms with E-state index in [-0.39, 0.29) is 4.58 Å². The van der Waals surface area contributed by atoms with Gasteiger partial charge in [-0.05, 0) is 0 Å². The van der Waals surface area contributed by atoms with Crippen LogP contribution in [-0.2, 0) is 0 Å². The molecule has 0 aliphatic carbocycles. The van der Waals surface area contributed by atoms with E-state index in [1.54, 1.807) is 0 Å². The van der Waals surface area contributed by atoms with Gasteiger partial charge < -0.3 is 25.5 Å². The molecule has 1 aliphatic heterocycles. The van der Waals surface area contributed by atoms with Crippen molar-refractivity contribution in [1.29, 1.82) is 0 Å². The van der Waals surface area contributed by atoms with Crippen molar-refractivity contribution in [3.05, 3.63) is 0 Å². The standard InChI is InChI=1S/C8H16O5S2/c9-3-4(10)5(11)6(12)7(13)8-14-1-2-15-8/h4-13H,1-3H2/t4-,5+,6+,7-/m1/s1. The molecule has 7 heteroatoms. The summed E-state index contributed by atoms with van der Waals surface area (Å²) in [4.78, 5) is 0. The van der Waals surface area contributed by atoms with Crippen molar-refractivity contribution in [3.8, 4) is 0 Å². The van der Waals surface area contributed by atoms with E-state index >= 15 is 0 Å². The van der Waals surface area contributed by atoms with E-state index in [0.29, 0.717) is 0 Å². The Bertz CT molecular complexity index is 188. The van der Waals surface area contributed by atoms with Crippen LogP contribution in [0.5, 0.6) is 0 Å². The van der Waals surface area contributed by atoms with Gasteiger partial charge in [0.05, 0.1) is 11.2 Å². The molecule has 15 heavy (non-hydrogen) atoms. The Balaban J connectivity index is 2.46. The highest BCUT2D eigenvalue weighted by atomic mass is 32.2. The monoisotopic (exact) mass is 256 g/mol. The van der Waals surface area contributed by atoms with Crippen LogP contribution >= 0.6 is 23.5 Å². The first-order valence-electron chi connectivity index (χ1n) is 4.64. The Hall–Kier alpha value is 0.500. The van der Waals surface area contributed by atoms with E-state index < -0.39 is 31.0 Å². The Labute approximate surface area is 96.5 Å². The van der Waals surface area contributed by atoms with Crippen LogP contribution in [0.2, 0.25) is 0 Å². The molecule has 1 aliphatic rings. The molecule has 0 saturated carbocycles. The molecule has 1 heterocycles. The van der Waals surface area contributed by atoms with E-state index in [1.807, 2.05) is 0 Å². The van der Waals surface area contributed by atoms with Crippen molar-refractivity contribution >= 4 is 23.5 Å². The first-order valence-corrected chi connectivity index (χ1v) is 6.74. The summed E-state index contributed by atoms with van der Waals surface area (Å²) in [6.45, 7) is -0.643. The molecule has 1 fully saturated rings. The largest absolute Gasteiger partial charge is 0.394 e. The smallest absolute Gasteiger partial charge is 0.111 e. The molecule has 4 atom stereocenters. The zero-order chi connectivity index (χ0) is 11.4. The van der Waals surface area contributed by atoms with Crippen LogP contribution in [0, 0.1) is 0 Å². The van der Waals surface area contributed by atoms with Gasteiger partial charge in [-0.3, -0.25) is 0 Å². The lowest BCUT2D eigenvalue weighted by molar-refractivity contribution is -0.111. The number of aliphatic hydroxyl groups excluding tert-OH is 5. The van der Waals surface area contributed by atoms with E-state index in [4.69, 9.17) is 10.2 Å². The van der Waals surface area contributed by atoms with Crippen molar-refractivity contribution in [2.75, 3.05) is 18.1 Å². The predicted molar refractivity (Wildman–Crippen MR) is 59.8 cm³/mol. The molecule has 0 spiro atoms. The summed E-state index contributed by atoms with van der Waals surface area (Å²) in [6.07, 6.45) is -5.48.